The lowest BCUT2D eigenvalue weighted by Crippen LogP contribution is -2.46. The van der Waals surface area contributed by atoms with Crippen molar-refractivity contribution in [3.63, 3.8) is 0 Å². The molecule has 0 atom stereocenters. The normalized spacial score (nSPS) is 19.4. The van der Waals surface area contributed by atoms with Gasteiger partial charge in [-0.3, -0.25) is 14.6 Å². The van der Waals surface area contributed by atoms with Gasteiger partial charge in [-0.2, -0.15) is 5.10 Å². The van der Waals surface area contributed by atoms with Crippen LogP contribution < -0.4 is 10.2 Å². The molecule has 0 bridgehead atoms. The van der Waals surface area contributed by atoms with Crippen LogP contribution in [0.3, 0.4) is 0 Å². The molecule has 7 heteroatoms. The average Bonchev–Trinajstić information content (AvgIpc) is 2.85. The summed E-state index contributed by atoms with van der Waals surface area (Å²) in [6.45, 7) is 8.06. The van der Waals surface area contributed by atoms with Gasteiger partial charge in [-0.1, -0.05) is 0 Å². The third-order valence-electron chi connectivity index (χ3n) is 4.57. The van der Waals surface area contributed by atoms with Crippen LogP contribution in [0.15, 0.2) is 24.7 Å². The Morgan fingerprint density at radius 2 is 2.00 bits per heavy atom. The van der Waals surface area contributed by atoms with Crippen LogP contribution in [0.25, 0.3) is 0 Å². The van der Waals surface area contributed by atoms with Gasteiger partial charge in [0, 0.05) is 58.2 Å². The van der Waals surface area contributed by atoms with Crippen molar-refractivity contribution in [3.8, 4) is 0 Å². The molecule has 0 unspecified atom stereocenters. The van der Waals surface area contributed by atoms with Gasteiger partial charge in [-0.25, -0.2) is 4.98 Å². The van der Waals surface area contributed by atoms with Crippen LogP contribution in [0.4, 0.5) is 5.82 Å². The summed E-state index contributed by atoms with van der Waals surface area (Å²) in [5, 5.41) is 8.23. The van der Waals surface area contributed by atoms with Crippen molar-refractivity contribution in [2.24, 2.45) is 0 Å². The summed E-state index contributed by atoms with van der Waals surface area (Å²) >= 11 is 0. The number of rotatable bonds is 3. The van der Waals surface area contributed by atoms with Gasteiger partial charge in [0.05, 0.1) is 17.6 Å². The van der Waals surface area contributed by atoms with E-state index in [9.17, 15) is 0 Å². The van der Waals surface area contributed by atoms with Gasteiger partial charge in [0.2, 0.25) is 0 Å². The van der Waals surface area contributed by atoms with Crippen LogP contribution in [-0.2, 0) is 19.6 Å². The first-order chi connectivity index (χ1) is 11.4. The highest BCUT2D eigenvalue weighted by Crippen LogP contribution is 2.15. The van der Waals surface area contributed by atoms with Crippen molar-refractivity contribution in [2.75, 3.05) is 37.6 Å². The summed E-state index contributed by atoms with van der Waals surface area (Å²) in [6, 6.07) is 2.26. The minimum absolute atomic E-state index is 0.938. The van der Waals surface area contributed by atoms with E-state index in [1.54, 1.807) is 12.4 Å². The number of piperazine rings is 1. The third kappa shape index (κ3) is 3.35. The number of aromatic nitrogens is 4. The Labute approximate surface area is 136 Å². The topological polar surface area (TPSA) is 62.1 Å². The Balaban J connectivity index is 1.34. The summed E-state index contributed by atoms with van der Waals surface area (Å²) in [4.78, 5) is 13.3. The van der Waals surface area contributed by atoms with E-state index in [0.717, 1.165) is 64.6 Å². The number of fused-ring (bicyclic) bond motifs is 1. The molecule has 1 fully saturated rings. The van der Waals surface area contributed by atoms with Crippen LogP contribution in [0.2, 0.25) is 0 Å². The molecule has 4 heterocycles. The number of hydrogen-bond donors (Lipinski definition) is 1. The molecule has 0 spiro atoms. The fourth-order valence-corrected chi connectivity index (χ4v) is 3.32. The Kier molecular flexibility index (Phi) is 4.21. The summed E-state index contributed by atoms with van der Waals surface area (Å²) in [5.74, 6) is 0.979. The molecule has 23 heavy (non-hydrogen) atoms. The maximum Gasteiger partial charge on any atom is 0.147 e. The van der Waals surface area contributed by atoms with Crippen molar-refractivity contribution < 1.29 is 0 Å². The van der Waals surface area contributed by atoms with Crippen LogP contribution in [-0.4, -0.2) is 57.4 Å². The molecule has 2 aliphatic heterocycles. The molecule has 2 aliphatic rings. The van der Waals surface area contributed by atoms with E-state index in [-0.39, 0.29) is 0 Å². The predicted octanol–water partition coefficient (Wildman–Crippen LogP) is 0.489. The van der Waals surface area contributed by atoms with Gasteiger partial charge in [0.15, 0.2) is 0 Å². The molecule has 2 aromatic rings. The molecular weight excluding hydrogens is 290 g/mol. The maximum absolute atomic E-state index is 4.78. The highest BCUT2D eigenvalue weighted by Gasteiger charge is 2.20. The highest BCUT2D eigenvalue weighted by molar-refractivity contribution is 5.35. The van der Waals surface area contributed by atoms with Crippen molar-refractivity contribution >= 4 is 5.82 Å². The van der Waals surface area contributed by atoms with Gasteiger partial charge in [-0.05, 0) is 19.0 Å². The molecule has 2 aromatic heterocycles. The van der Waals surface area contributed by atoms with Crippen LogP contribution >= 0.6 is 0 Å². The maximum atomic E-state index is 4.78. The lowest BCUT2D eigenvalue weighted by atomic mass is 10.2. The second-order valence-electron chi connectivity index (χ2n) is 6.21. The molecular formula is C16H23N7. The summed E-state index contributed by atoms with van der Waals surface area (Å²) in [5.41, 5.74) is 2.51. The molecule has 4 rings (SSSR count). The fourth-order valence-electron chi connectivity index (χ4n) is 3.32. The van der Waals surface area contributed by atoms with E-state index in [1.807, 2.05) is 6.20 Å². The molecule has 122 valence electrons. The summed E-state index contributed by atoms with van der Waals surface area (Å²) < 4.78 is 2.17. The van der Waals surface area contributed by atoms with E-state index in [4.69, 9.17) is 5.10 Å². The van der Waals surface area contributed by atoms with Gasteiger partial charge in [0.1, 0.15) is 5.82 Å². The van der Waals surface area contributed by atoms with Gasteiger partial charge < -0.3 is 10.2 Å². The Morgan fingerprint density at radius 1 is 1.09 bits per heavy atom. The molecule has 0 amide bonds. The van der Waals surface area contributed by atoms with E-state index in [2.05, 4.69) is 35.8 Å². The van der Waals surface area contributed by atoms with E-state index in [0.29, 0.717) is 0 Å². The molecule has 0 radical (unpaired) electrons. The van der Waals surface area contributed by atoms with E-state index >= 15 is 0 Å². The minimum Gasteiger partial charge on any atom is -0.353 e. The lowest BCUT2D eigenvalue weighted by Gasteiger charge is -2.34. The molecule has 0 saturated carbocycles. The first kappa shape index (κ1) is 14.6. The Hall–Kier alpha value is -1.99. The zero-order valence-corrected chi connectivity index (χ0v) is 13.4. The van der Waals surface area contributed by atoms with E-state index in [1.165, 1.54) is 11.4 Å². The first-order valence-corrected chi connectivity index (χ1v) is 8.38. The molecule has 1 saturated heterocycles. The standard InChI is InChI=1S/C16H23N7/c1-2-17-11-15-10-14(20-23(15)5-1)13-21-6-8-22(9-7-21)16-12-18-3-4-19-16/h3-4,10,12,17H,1-2,5-9,11,13H2. The number of nitrogens with zero attached hydrogens (tertiary/aromatic N) is 6. The van der Waals surface area contributed by atoms with Gasteiger partial charge in [-0.15, -0.1) is 0 Å². The Bertz CT molecular complexity index is 608. The summed E-state index contributed by atoms with van der Waals surface area (Å²) in [6.07, 6.45) is 6.48. The Morgan fingerprint density at radius 3 is 2.83 bits per heavy atom. The van der Waals surface area contributed by atoms with Crippen LogP contribution in [0.5, 0.6) is 0 Å². The largest absolute Gasteiger partial charge is 0.353 e. The molecule has 0 aliphatic carbocycles. The van der Waals surface area contributed by atoms with Crippen LogP contribution in [0.1, 0.15) is 17.8 Å². The molecule has 0 aromatic carbocycles. The second-order valence-corrected chi connectivity index (χ2v) is 6.21. The van der Waals surface area contributed by atoms with Crippen LogP contribution in [0, 0.1) is 0 Å². The zero-order chi connectivity index (χ0) is 15.5. The fraction of sp³-hybridized carbons (Fsp3) is 0.562. The monoisotopic (exact) mass is 313 g/mol. The molecule has 1 N–H and O–H groups in total. The number of nitrogens with one attached hydrogen (secondary N) is 1. The minimum atomic E-state index is 0.938. The predicted molar refractivity (Wildman–Crippen MR) is 88.1 cm³/mol. The van der Waals surface area contributed by atoms with Crippen molar-refractivity contribution in [2.45, 2.75) is 26.1 Å². The van der Waals surface area contributed by atoms with Crippen molar-refractivity contribution in [3.05, 3.63) is 36.0 Å². The SMILES string of the molecule is c1cnc(N2CCN(Cc3cc4n(n3)CCCNC4)CC2)cn1. The number of hydrogen-bond acceptors (Lipinski definition) is 6. The second kappa shape index (κ2) is 6.64. The van der Waals surface area contributed by atoms with E-state index < -0.39 is 0 Å². The van der Waals surface area contributed by atoms with Crippen molar-refractivity contribution in [1.82, 2.24) is 30.0 Å². The van der Waals surface area contributed by atoms with Crippen molar-refractivity contribution in [1.29, 1.82) is 0 Å². The lowest BCUT2D eigenvalue weighted by molar-refractivity contribution is 0.245. The highest BCUT2D eigenvalue weighted by atomic mass is 15.3. The number of aryl methyl sites for hydroxylation is 1. The number of anilines is 1. The quantitative estimate of drug-likeness (QED) is 0.890. The van der Waals surface area contributed by atoms with Gasteiger partial charge >= 0.3 is 0 Å². The van der Waals surface area contributed by atoms with Gasteiger partial charge in [0.25, 0.3) is 0 Å². The molecule has 7 nitrogen and oxygen atoms in total. The smallest absolute Gasteiger partial charge is 0.147 e. The first-order valence-electron chi connectivity index (χ1n) is 8.38. The summed E-state index contributed by atoms with van der Waals surface area (Å²) in [7, 11) is 0. The third-order valence-corrected chi connectivity index (χ3v) is 4.57. The zero-order valence-electron chi connectivity index (χ0n) is 13.4. The average molecular weight is 313 g/mol.